The van der Waals surface area contributed by atoms with Crippen molar-refractivity contribution < 1.29 is 17.7 Å². The summed E-state index contributed by atoms with van der Waals surface area (Å²) in [5.41, 5.74) is 0.196. The molecule has 102 valence electrons. The number of hydrogen-bond acceptors (Lipinski definition) is 3. The van der Waals surface area contributed by atoms with Gasteiger partial charge < -0.3 is 17.7 Å². The summed E-state index contributed by atoms with van der Waals surface area (Å²) in [7, 11) is 1.80. The van der Waals surface area contributed by atoms with Gasteiger partial charge >= 0.3 is 6.98 Å². The number of nitrogens with zero attached hydrogens (tertiary/aromatic N) is 3. The number of aromatic nitrogens is 3. The van der Waals surface area contributed by atoms with Crippen molar-refractivity contribution in [2.75, 3.05) is 6.61 Å². The third-order valence-electron chi connectivity index (χ3n) is 2.66. The van der Waals surface area contributed by atoms with Gasteiger partial charge in [0, 0.05) is 31.6 Å². The Bertz CT molecular complexity index is 556. The molecule has 0 spiro atoms. The summed E-state index contributed by atoms with van der Waals surface area (Å²) in [6, 6.07) is 2.80. The van der Waals surface area contributed by atoms with Crippen LogP contribution in [0.2, 0.25) is 0 Å². The molecule has 0 unspecified atom stereocenters. The first-order valence-electron chi connectivity index (χ1n) is 5.71. The summed E-state index contributed by atoms with van der Waals surface area (Å²) in [6.07, 6.45) is 4.30. The molecule has 0 fully saturated rings. The molecule has 4 nitrogen and oxygen atoms in total. The molecule has 2 heterocycles. The number of hydrogen-bond donors (Lipinski definition) is 0. The molecule has 0 aromatic carbocycles. The van der Waals surface area contributed by atoms with Gasteiger partial charge in [-0.2, -0.15) is 5.10 Å². The molecule has 0 amide bonds. The van der Waals surface area contributed by atoms with Crippen molar-refractivity contribution in [2.45, 2.75) is 6.42 Å². The quantitative estimate of drug-likeness (QED) is 0.773. The molecule has 2 aromatic heterocycles. The van der Waals surface area contributed by atoms with Gasteiger partial charge in [0.25, 0.3) is 0 Å². The highest BCUT2D eigenvalue weighted by Gasteiger charge is 2.26. The molecule has 0 saturated heterocycles. The lowest BCUT2D eigenvalue weighted by Gasteiger charge is -2.15. The van der Waals surface area contributed by atoms with Gasteiger partial charge in [0.1, 0.15) is 5.75 Å². The molecular weight excluding hydrogens is 258 g/mol. The van der Waals surface area contributed by atoms with Gasteiger partial charge in [0.2, 0.25) is 0 Å². The van der Waals surface area contributed by atoms with E-state index in [0.717, 1.165) is 18.0 Å². The first-order valence-corrected chi connectivity index (χ1v) is 5.71. The van der Waals surface area contributed by atoms with Crippen molar-refractivity contribution in [1.82, 2.24) is 14.8 Å². The van der Waals surface area contributed by atoms with Crippen molar-refractivity contribution in [3.05, 3.63) is 36.4 Å². The van der Waals surface area contributed by atoms with Crippen LogP contribution >= 0.6 is 0 Å². The van der Waals surface area contributed by atoms with Crippen molar-refractivity contribution >= 4 is 12.4 Å². The monoisotopic (exact) mass is 270 g/mol. The van der Waals surface area contributed by atoms with E-state index in [9.17, 15) is 12.9 Å². The molecule has 0 aliphatic carbocycles. The first kappa shape index (κ1) is 13.4. The average Bonchev–Trinajstić information content (AvgIpc) is 2.75. The van der Waals surface area contributed by atoms with Crippen LogP contribution in [0.1, 0.15) is 5.69 Å². The average molecular weight is 270 g/mol. The summed E-state index contributed by atoms with van der Waals surface area (Å²) in [5, 5.41) is 3.99. The molecule has 0 saturated carbocycles. The van der Waals surface area contributed by atoms with E-state index in [4.69, 9.17) is 4.74 Å². The zero-order chi connectivity index (χ0) is 13.9. The number of aryl methyl sites for hydroxylation is 1. The van der Waals surface area contributed by atoms with Gasteiger partial charge in [-0.15, -0.1) is 0 Å². The molecule has 0 radical (unpaired) electrons. The Morgan fingerprint density at radius 1 is 1.32 bits per heavy atom. The lowest BCUT2D eigenvalue weighted by Crippen LogP contribution is -2.34. The van der Waals surface area contributed by atoms with Crippen molar-refractivity contribution in [3.8, 4) is 5.75 Å². The Morgan fingerprint density at radius 3 is 2.74 bits per heavy atom. The largest absolute Gasteiger partial charge is 0.511 e. The van der Waals surface area contributed by atoms with E-state index in [1.165, 1.54) is 6.20 Å². The van der Waals surface area contributed by atoms with Crippen LogP contribution < -0.4 is 10.2 Å². The predicted molar refractivity (Wildman–Crippen MR) is 65.4 cm³/mol. The molecule has 2 aromatic rings. The van der Waals surface area contributed by atoms with E-state index in [1.54, 1.807) is 17.9 Å². The van der Waals surface area contributed by atoms with Crippen LogP contribution in [-0.4, -0.2) is 28.3 Å². The molecule has 0 bridgehead atoms. The smallest absolute Gasteiger partial charge is 0.492 e. The van der Waals surface area contributed by atoms with E-state index in [-0.39, 0.29) is 12.4 Å². The Labute approximate surface area is 108 Å². The van der Waals surface area contributed by atoms with Crippen LogP contribution in [0.15, 0.2) is 30.7 Å². The van der Waals surface area contributed by atoms with E-state index in [1.807, 2.05) is 6.07 Å². The maximum atomic E-state index is 12.5. The Morgan fingerprint density at radius 2 is 2.11 bits per heavy atom. The topological polar surface area (TPSA) is 39.9 Å². The predicted octanol–water partition coefficient (Wildman–Crippen LogP) is 1.49. The second kappa shape index (κ2) is 5.33. The van der Waals surface area contributed by atoms with Gasteiger partial charge in [-0.25, -0.2) is 0 Å². The zero-order valence-corrected chi connectivity index (χ0v) is 10.3. The van der Waals surface area contributed by atoms with Crippen LogP contribution in [-0.2, 0) is 13.5 Å². The van der Waals surface area contributed by atoms with E-state index in [0.29, 0.717) is 6.42 Å². The van der Waals surface area contributed by atoms with E-state index < -0.39 is 12.4 Å². The lowest BCUT2D eigenvalue weighted by molar-refractivity contribution is 0.317. The Balaban J connectivity index is 1.95. The first-order chi connectivity index (χ1) is 8.97. The maximum absolute atomic E-state index is 12.5. The van der Waals surface area contributed by atoms with Crippen LogP contribution in [0, 0.1) is 0 Å². The normalized spacial score (nSPS) is 11.6. The fourth-order valence-electron chi connectivity index (χ4n) is 1.61. The highest BCUT2D eigenvalue weighted by Crippen LogP contribution is 2.13. The second-order valence-electron chi connectivity index (χ2n) is 4.07. The fourth-order valence-corrected chi connectivity index (χ4v) is 1.61. The van der Waals surface area contributed by atoms with E-state index in [2.05, 4.69) is 10.1 Å². The van der Waals surface area contributed by atoms with Crippen LogP contribution in [0.4, 0.5) is 12.9 Å². The highest BCUT2D eigenvalue weighted by molar-refractivity contribution is 6.73. The fraction of sp³-hybridized carbons (Fsp3) is 0.273. The number of halogens is 3. The van der Waals surface area contributed by atoms with Crippen LogP contribution in [0.5, 0.6) is 5.75 Å². The van der Waals surface area contributed by atoms with Gasteiger partial charge in [-0.3, -0.25) is 9.67 Å². The minimum Gasteiger partial charge on any atom is -0.492 e. The third kappa shape index (κ3) is 3.49. The summed E-state index contributed by atoms with van der Waals surface area (Å²) in [5.74, 6) is 0.124. The number of pyridine rings is 1. The van der Waals surface area contributed by atoms with Crippen molar-refractivity contribution in [3.63, 3.8) is 0 Å². The summed E-state index contributed by atoms with van der Waals surface area (Å²) in [6.45, 7) is -4.77. The third-order valence-corrected chi connectivity index (χ3v) is 2.66. The number of rotatable bonds is 5. The molecular formula is C11H12BF3N3O-. The van der Waals surface area contributed by atoms with Crippen LogP contribution in [0.3, 0.4) is 0 Å². The standard InChI is InChI=1S/C11H12BF3N3O/c1-18-10(2-4-17-18)3-5-19-11-6-9(7-16-8-11)12(13,14)15/h2,4,6-8H,3,5H2,1H3/q-1. The van der Waals surface area contributed by atoms with Crippen molar-refractivity contribution in [2.24, 2.45) is 7.05 Å². The highest BCUT2D eigenvalue weighted by atomic mass is 19.4. The molecule has 0 aliphatic heterocycles. The van der Waals surface area contributed by atoms with Crippen LogP contribution in [0.25, 0.3) is 0 Å². The molecule has 0 N–H and O–H groups in total. The molecule has 2 rings (SSSR count). The van der Waals surface area contributed by atoms with Gasteiger partial charge in [0.15, 0.2) is 0 Å². The Hall–Kier alpha value is -1.99. The molecule has 19 heavy (non-hydrogen) atoms. The second-order valence-corrected chi connectivity index (χ2v) is 4.07. The number of ether oxygens (including phenoxy) is 1. The molecule has 0 atom stereocenters. The van der Waals surface area contributed by atoms with Gasteiger partial charge in [0.05, 0.1) is 12.8 Å². The van der Waals surface area contributed by atoms with Crippen molar-refractivity contribution in [1.29, 1.82) is 0 Å². The maximum Gasteiger partial charge on any atom is 0.511 e. The van der Waals surface area contributed by atoms with Gasteiger partial charge in [-0.1, -0.05) is 5.46 Å². The minimum atomic E-state index is -5.04. The molecule has 8 heteroatoms. The Kier molecular flexibility index (Phi) is 3.78. The van der Waals surface area contributed by atoms with Gasteiger partial charge in [-0.05, 0) is 12.1 Å². The minimum absolute atomic E-state index is 0.124. The summed E-state index contributed by atoms with van der Waals surface area (Å²) < 4.78 is 44.5. The van der Waals surface area contributed by atoms with E-state index >= 15 is 0 Å². The zero-order valence-electron chi connectivity index (χ0n) is 10.3. The molecule has 0 aliphatic rings. The lowest BCUT2D eigenvalue weighted by atomic mass is 9.81. The summed E-state index contributed by atoms with van der Waals surface area (Å²) in [4.78, 5) is 3.54. The SMILES string of the molecule is Cn1nccc1CCOc1cncc([B-](F)(F)F)c1. The summed E-state index contributed by atoms with van der Waals surface area (Å²) >= 11 is 0.